The van der Waals surface area contributed by atoms with Crippen molar-refractivity contribution < 1.29 is 4.74 Å². The Morgan fingerprint density at radius 2 is 2.62 bits per heavy atom. The highest BCUT2D eigenvalue weighted by Crippen LogP contribution is 2.49. The molecule has 2 nitrogen and oxygen atoms in total. The molecule has 1 aliphatic carbocycles. The summed E-state index contributed by atoms with van der Waals surface area (Å²) in [4.78, 5) is 2.31. The van der Waals surface area contributed by atoms with Crippen LogP contribution in [0.25, 0.3) is 0 Å². The molecule has 2 heteroatoms. The van der Waals surface area contributed by atoms with Crippen LogP contribution in [-0.2, 0) is 4.74 Å². The standard InChI is InChI=1S/C6H7NO/c1-4-2-7-3-8-5(1)6(4)7/h4H,1-3H2/t4-/m1/s1. The smallest absolute Gasteiger partial charge is 0.161 e. The highest BCUT2D eigenvalue weighted by Gasteiger charge is 2.48. The van der Waals surface area contributed by atoms with Crippen LogP contribution in [0.2, 0.25) is 0 Å². The first-order valence-electron chi connectivity index (χ1n) is 3.06. The van der Waals surface area contributed by atoms with Crippen molar-refractivity contribution in [2.45, 2.75) is 6.42 Å². The average molecular weight is 109 g/mol. The summed E-state index contributed by atoms with van der Waals surface area (Å²) in [7, 11) is 0. The summed E-state index contributed by atoms with van der Waals surface area (Å²) in [5, 5.41) is 0. The Balaban J connectivity index is 2.16. The maximum atomic E-state index is 5.31. The maximum Gasteiger partial charge on any atom is 0.161 e. The van der Waals surface area contributed by atoms with Crippen molar-refractivity contribution in [2.24, 2.45) is 5.92 Å². The van der Waals surface area contributed by atoms with E-state index in [0.29, 0.717) is 0 Å². The summed E-state index contributed by atoms with van der Waals surface area (Å²) < 4.78 is 5.31. The van der Waals surface area contributed by atoms with Gasteiger partial charge in [0.2, 0.25) is 0 Å². The van der Waals surface area contributed by atoms with Crippen LogP contribution in [0.15, 0.2) is 11.5 Å². The van der Waals surface area contributed by atoms with Crippen molar-refractivity contribution in [3.05, 3.63) is 11.5 Å². The fourth-order valence-corrected chi connectivity index (χ4v) is 1.77. The van der Waals surface area contributed by atoms with Crippen LogP contribution in [0.1, 0.15) is 6.42 Å². The minimum Gasteiger partial charge on any atom is -0.476 e. The molecule has 2 heterocycles. The zero-order valence-corrected chi connectivity index (χ0v) is 4.55. The molecule has 0 unspecified atom stereocenters. The van der Waals surface area contributed by atoms with E-state index >= 15 is 0 Å². The fraction of sp³-hybridized carbons (Fsp3) is 0.667. The van der Waals surface area contributed by atoms with Crippen molar-refractivity contribution in [1.82, 2.24) is 4.90 Å². The highest BCUT2D eigenvalue weighted by molar-refractivity contribution is 5.32. The van der Waals surface area contributed by atoms with E-state index < -0.39 is 0 Å². The second-order valence-corrected chi connectivity index (χ2v) is 2.71. The lowest BCUT2D eigenvalue weighted by Gasteiger charge is -2.43. The van der Waals surface area contributed by atoms with Gasteiger partial charge in [-0.05, 0) is 0 Å². The molecule has 0 radical (unpaired) electrons. The Labute approximate surface area is 47.7 Å². The average Bonchev–Trinajstić information content (AvgIpc) is 2.02. The molecule has 42 valence electrons. The Kier molecular flexibility index (Phi) is 0.325. The molecule has 0 aromatic rings. The van der Waals surface area contributed by atoms with Gasteiger partial charge >= 0.3 is 0 Å². The topological polar surface area (TPSA) is 12.5 Å². The van der Waals surface area contributed by atoms with Gasteiger partial charge in [0.15, 0.2) is 6.73 Å². The van der Waals surface area contributed by atoms with Crippen LogP contribution in [0.5, 0.6) is 0 Å². The summed E-state index contributed by atoms with van der Waals surface area (Å²) in [5.74, 6) is 2.19. The molecule has 0 amide bonds. The molecule has 0 spiro atoms. The zero-order valence-electron chi connectivity index (χ0n) is 4.55. The van der Waals surface area contributed by atoms with Gasteiger partial charge < -0.3 is 9.64 Å². The lowest BCUT2D eigenvalue weighted by molar-refractivity contribution is 0.132. The molecule has 3 rings (SSSR count). The van der Waals surface area contributed by atoms with Crippen LogP contribution in [0.3, 0.4) is 0 Å². The third-order valence-corrected chi connectivity index (χ3v) is 2.28. The Morgan fingerprint density at radius 1 is 1.62 bits per heavy atom. The van der Waals surface area contributed by atoms with E-state index in [-0.39, 0.29) is 0 Å². The van der Waals surface area contributed by atoms with Crippen LogP contribution >= 0.6 is 0 Å². The first-order chi connectivity index (χ1) is 3.95. The van der Waals surface area contributed by atoms with E-state index in [0.717, 1.165) is 12.6 Å². The van der Waals surface area contributed by atoms with Gasteiger partial charge in [0.1, 0.15) is 5.76 Å². The lowest BCUT2D eigenvalue weighted by atomic mass is 9.81. The van der Waals surface area contributed by atoms with Gasteiger partial charge in [-0.3, -0.25) is 0 Å². The van der Waals surface area contributed by atoms with E-state index in [1.165, 1.54) is 24.4 Å². The molecule has 0 saturated carbocycles. The first-order valence-corrected chi connectivity index (χ1v) is 3.06. The van der Waals surface area contributed by atoms with E-state index in [1.54, 1.807) is 0 Å². The fourth-order valence-electron chi connectivity index (χ4n) is 1.77. The van der Waals surface area contributed by atoms with Crippen LogP contribution in [0, 0.1) is 5.92 Å². The van der Waals surface area contributed by atoms with Crippen LogP contribution in [0.4, 0.5) is 0 Å². The molecule has 1 saturated heterocycles. The minimum atomic E-state index is 0.848. The molecule has 0 aromatic heterocycles. The van der Waals surface area contributed by atoms with E-state index in [4.69, 9.17) is 4.74 Å². The summed E-state index contributed by atoms with van der Waals surface area (Å²) >= 11 is 0. The van der Waals surface area contributed by atoms with Crippen molar-refractivity contribution in [3.8, 4) is 0 Å². The molecule has 1 atom stereocenters. The summed E-state index contributed by atoms with van der Waals surface area (Å²) in [5.41, 5.74) is 1.52. The van der Waals surface area contributed by atoms with Crippen molar-refractivity contribution in [2.75, 3.05) is 13.3 Å². The van der Waals surface area contributed by atoms with Crippen molar-refractivity contribution in [3.63, 3.8) is 0 Å². The molecule has 3 aliphatic rings. The van der Waals surface area contributed by atoms with Gasteiger partial charge in [-0.15, -0.1) is 0 Å². The monoisotopic (exact) mass is 109 g/mol. The number of hydrogen-bond donors (Lipinski definition) is 0. The van der Waals surface area contributed by atoms with E-state index in [9.17, 15) is 0 Å². The largest absolute Gasteiger partial charge is 0.476 e. The van der Waals surface area contributed by atoms with Gasteiger partial charge in [0.05, 0.1) is 5.70 Å². The SMILES string of the molecule is C1C2=C3[C@H]1CN3CO2. The Hall–Kier alpha value is -0.660. The molecule has 0 aromatic carbocycles. The molecular formula is C6H7NO. The quantitative estimate of drug-likeness (QED) is 0.449. The minimum absolute atomic E-state index is 0.848. The predicted octanol–water partition coefficient (Wildman–Crippen LogP) is 0.521. The second kappa shape index (κ2) is 0.768. The predicted molar refractivity (Wildman–Crippen MR) is 27.8 cm³/mol. The zero-order chi connectivity index (χ0) is 5.14. The Morgan fingerprint density at radius 3 is 3.25 bits per heavy atom. The summed E-state index contributed by atoms with van der Waals surface area (Å²) in [6, 6.07) is 0. The number of rotatable bonds is 0. The number of allylic oxidation sites excluding steroid dienone is 1. The van der Waals surface area contributed by atoms with Crippen LogP contribution < -0.4 is 0 Å². The maximum absolute atomic E-state index is 5.31. The van der Waals surface area contributed by atoms with Gasteiger partial charge in [-0.2, -0.15) is 0 Å². The molecule has 2 aliphatic heterocycles. The van der Waals surface area contributed by atoms with Gasteiger partial charge in [-0.1, -0.05) is 0 Å². The second-order valence-electron chi connectivity index (χ2n) is 2.71. The van der Waals surface area contributed by atoms with Crippen molar-refractivity contribution in [1.29, 1.82) is 0 Å². The molecule has 0 N–H and O–H groups in total. The van der Waals surface area contributed by atoms with Crippen LogP contribution in [-0.4, -0.2) is 18.2 Å². The first kappa shape index (κ1) is 3.38. The molecule has 1 fully saturated rings. The molecule has 0 bridgehead atoms. The number of nitrogens with zero attached hydrogens (tertiary/aromatic N) is 1. The van der Waals surface area contributed by atoms with Crippen molar-refractivity contribution >= 4 is 0 Å². The molecular weight excluding hydrogens is 102 g/mol. The van der Waals surface area contributed by atoms with Gasteiger partial charge in [0.25, 0.3) is 0 Å². The number of ether oxygens (including phenoxy) is 1. The van der Waals surface area contributed by atoms with Gasteiger partial charge in [0, 0.05) is 18.9 Å². The summed E-state index contributed by atoms with van der Waals surface area (Å²) in [6.07, 6.45) is 1.23. The normalized spacial score (nSPS) is 38.0. The third kappa shape index (κ3) is 0.170. The van der Waals surface area contributed by atoms with Gasteiger partial charge in [-0.25, -0.2) is 0 Å². The third-order valence-electron chi connectivity index (χ3n) is 2.28. The highest BCUT2D eigenvalue weighted by atomic mass is 16.5. The molecule has 8 heavy (non-hydrogen) atoms. The van der Waals surface area contributed by atoms with E-state index in [2.05, 4.69) is 4.90 Å². The Bertz CT molecular complexity index is 181. The summed E-state index contributed by atoms with van der Waals surface area (Å²) in [6.45, 7) is 2.11. The number of hydrogen-bond acceptors (Lipinski definition) is 2. The van der Waals surface area contributed by atoms with E-state index in [1.807, 2.05) is 0 Å². The lowest BCUT2D eigenvalue weighted by Crippen LogP contribution is -2.45.